The van der Waals surface area contributed by atoms with Gasteiger partial charge in [-0.1, -0.05) is 31.2 Å². The molecule has 2 amide bonds. The minimum Gasteiger partial charge on any atom is -0.364 e. The Kier molecular flexibility index (Phi) is 4.58. The molecule has 3 aromatic rings. The predicted molar refractivity (Wildman–Crippen MR) is 105 cm³/mol. The molecule has 144 valence electrons. The third kappa shape index (κ3) is 3.24. The lowest BCUT2D eigenvalue weighted by atomic mass is 10.0. The fourth-order valence-electron chi connectivity index (χ4n) is 3.56. The number of hydrogen-bond donors (Lipinski definition) is 2. The van der Waals surface area contributed by atoms with Crippen molar-refractivity contribution in [3.8, 4) is 0 Å². The van der Waals surface area contributed by atoms with Crippen molar-refractivity contribution in [2.24, 2.45) is 5.73 Å². The number of carbonyl (C=O) groups excluding carboxylic acids is 2. The van der Waals surface area contributed by atoms with E-state index in [0.29, 0.717) is 28.8 Å². The Morgan fingerprint density at radius 3 is 2.68 bits per heavy atom. The molecular weight excluding hydrogens is 359 g/mol. The molecule has 0 aliphatic heterocycles. The lowest BCUT2D eigenvalue weighted by Crippen LogP contribution is -2.21. The van der Waals surface area contributed by atoms with Crippen LogP contribution < -0.4 is 11.1 Å². The summed E-state index contributed by atoms with van der Waals surface area (Å²) in [5.41, 5.74) is 8.08. The summed E-state index contributed by atoms with van der Waals surface area (Å²) >= 11 is 0. The number of amides is 2. The van der Waals surface area contributed by atoms with Gasteiger partial charge >= 0.3 is 0 Å². The van der Waals surface area contributed by atoms with Crippen LogP contribution in [0.2, 0.25) is 0 Å². The molecule has 1 aromatic heterocycles. The van der Waals surface area contributed by atoms with Crippen LogP contribution in [0.1, 0.15) is 47.3 Å². The van der Waals surface area contributed by atoms with Crippen molar-refractivity contribution in [2.45, 2.75) is 38.6 Å². The zero-order valence-electron chi connectivity index (χ0n) is 15.5. The van der Waals surface area contributed by atoms with Gasteiger partial charge in [0.1, 0.15) is 12.4 Å². The first-order chi connectivity index (χ1) is 13.5. The van der Waals surface area contributed by atoms with Crippen LogP contribution in [0.4, 0.5) is 10.1 Å². The predicted octanol–water partition coefficient (Wildman–Crippen LogP) is 3.35. The number of nitrogens with two attached hydrogens (primary N) is 1. The summed E-state index contributed by atoms with van der Waals surface area (Å²) in [6.45, 7) is 1.70. The summed E-state index contributed by atoms with van der Waals surface area (Å²) < 4.78 is 15.8. The van der Waals surface area contributed by atoms with Gasteiger partial charge in [0.25, 0.3) is 5.91 Å². The van der Waals surface area contributed by atoms with Crippen LogP contribution in [0.5, 0.6) is 0 Å². The molecule has 28 heavy (non-hydrogen) atoms. The Morgan fingerprint density at radius 1 is 1.25 bits per heavy atom. The molecule has 1 heterocycles. The summed E-state index contributed by atoms with van der Waals surface area (Å²) in [5, 5.41) is 7.59. The van der Waals surface area contributed by atoms with Gasteiger partial charge in [-0.25, -0.2) is 4.39 Å². The first-order valence-corrected chi connectivity index (χ1v) is 9.36. The van der Waals surface area contributed by atoms with Gasteiger partial charge in [0, 0.05) is 5.39 Å². The second kappa shape index (κ2) is 7.07. The summed E-state index contributed by atoms with van der Waals surface area (Å²) in [5.74, 6) is -1.08. The zero-order valence-corrected chi connectivity index (χ0v) is 15.5. The van der Waals surface area contributed by atoms with Gasteiger partial charge in [-0.15, -0.1) is 0 Å². The highest BCUT2D eigenvalue weighted by molar-refractivity contribution is 6.06. The van der Waals surface area contributed by atoms with E-state index in [4.69, 9.17) is 5.73 Å². The molecule has 0 unspecified atom stereocenters. The molecule has 1 aliphatic carbocycles. The maximum atomic E-state index is 14.4. The van der Waals surface area contributed by atoms with E-state index >= 15 is 0 Å². The molecule has 1 fully saturated rings. The molecule has 0 spiro atoms. The molecule has 3 N–H and O–H groups in total. The summed E-state index contributed by atoms with van der Waals surface area (Å²) in [4.78, 5) is 24.4. The first-order valence-electron chi connectivity index (χ1n) is 9.36. The van der Waals surface area contributed by atoms with Gasteiger partial charge in [-0.05, 0) is 48.4 Å². The number of anilines is 1. The standard InChI is InChI=1S/C21H21FN4O2/c1-2-12-5-3-7-15(19(12)22)24-17(27)11-26-16-8-4-6-14(13-9-10-13)18(16)20(25-26)21(23)28/h3-8,13H,2,9-11H2,1H3,(H2,23,28)(H,24,27). The molecule has 0 atom stereocenters. The summed E-state index contributed by atoms with van der Waals surface area (Å²) in [7, 11) is 0. The minimum atomic E-state index is -0.626. The van der Waals surface area contributed by atoms with Crippen LogP contribution in [-0.2, 0) is 17.8 Å². The largest absolute Gasteiger partial charge is 0.364 e. The van der Waals surface area contributed by atoms with Crippen LogP contribution in [0.3, 0.4) is 0 Å². The van der Waals surface area contributed by atoms with Crippen molar-refractivity contribution < 1.29 is 14.0 Å². The maximum absolute atomic E-state index is 14.4. The summed E-state index contributed by atoms with van der Waals surface area (Å²) in [6, 6.07) is 10.6. The van der Waals surface area contributed by atoms with Gasteiger partial charge < -0.3 is 11.1 Å². The number of fused-ring (bicyclic) bond motifs is 1. The van der Waals surface area contributed by atoms with E-state index in [1.165, 1.54) is 10.7 Å². The van der Waals surface area contributed by atoms with E-state index in [0.717, 1.165) is 18.4 Å². The number of nitrogens with zero attached hydrogens (tertiary/aromatic N) is 2. The van der Waals surface area contributed by atoms with E-state index in [1.807, 2.05) is 25.1 Å². The summed E-state index contributed by atoms with van der Waals surface area (Å²) in [6.07, 6.45) is 2.66. The van der Waals surface area contributed by atoms with Crippen LogP contribution in [0, 0.1) is 5.82 Å². The fourth-order valence-corrected chi connectivity index (χ4v) is 3.56. The van der Waals surface area contributed by atoms with Crippen molar-refractivity contribution in [2.75, 3.05) is 5.32 Å². The van der Waals surface area contributed by atoms with E-state index < -0.39 is 17.6 Å². The minimum absolute atomic E-state index is 0.134. The number of nitrogens with one attached hydrogen (secondary N) is 1. The lowest BCUT2D eigenvalue weighted by Gasteiger charge is -2.09. The smallest absolute Gasteiger partial charge is 0.269 e. The third-order valence-corrected chi connectivity index (χ3v) is 5.09. The Balaban J connectivity index is 1.66. The average Bonchev–Trinajstić information content (AvgIpc) is 3.45. The molecule has 2 aromatic carbocycles. The monoisotopic (exact) mass is 380 g/mol. The molecule has 0 bridgehead atoms. The van der Waals surface area contributed by atoms with E-state index in [9.17, 15) is 14.0 Å². The molecule has 4 rings (SSSR count). The van der Waals surface area contributed by atoms with Crippen molar-refractivity contribution in [3.63, 3.8) is 0 Å². The van der Waals surface area contributed by atoms with Crippen LogP contribution in [0.25, 0.3) is 10.9 Å². The van der Waals surface area contributed by atoms with Gasteiger partial charge in [0.15, 0.2) is 5.69 Å². The maximum Gasteiger partial charge on any atom is 0.269 e. The fraction of sp³-hybridized carbons (Fsp3) is 0.286. The van der Waals surface area contributed by atoms with Crippen LogP contribution in [0.15, 0.2) is 36.4 Å². The lowest BCUT2D eigenvalue weighted by molar-refractivity contribution is -0.116. The zero-order chi connectivity index (χ0) is 19.8. The Morgan fingerprint density at radius 2 is 2.00 bits per heavy atom. The molecule has 1 aliphatic rings. The molecule has 6 nitrogen and oxygen atoms in total. The van der Waals surface area contributed by atoms with Gasteiger partial charge in [0.05, 0.1) is 11.2 Å². The number of aryl methyl sites for hydroxylation is 1. The van der Waals surface area contributed by atoms with E-state index in [-0.39, 0.29) is 17.9 Å². The Hall–Kier alpha value is -3.22. The number of hydrogen-bond acceptors (Lipinski definition) is 3. The second-order valence-electron chi connectivity index (χ2n) is 7.07. The van der Waals surface area contributed by atoms with Gasteiger partial charge in [-0.2, -0.15) is 5.10 Å². The van der Waals surface area contributed by atoms with Crippen molar-refractivity contribution in [1.82, 2.24) is 9.78 Å². The molecular formula is C21H21FN4O2. The number of primary amides is 1. The highest BCUT2D eigenvalue weighted by Crippen LogP contribution is 2.43. The number of benzene rings is 2. The normalized spacial score (nSPS) is 13.6. The Bertz CT molecular complexity index is 1090. The first kappa shape index (κ1) is 18.2. The van der Waals surface area contributed by atoms with E-state index in [2.05, 4.69) is 10.4 Å². The highest BCUT2D eigenvalue weighted by atomic mass is 19.1. The van der Waals surface area contributed by atoms with Gasteiger partial charge in [0.2, 0.25) is 5.91 Å². The van der Waals surface area contributed by atoms with Crippen molar-refractivity contribution in [3.05, 3.63) is 59.0 Å². The molecule has 1 saturated carbocycles. The van der Waals surface area contributed by atoms with Crippen molar-refractivity contribution in [1.29, 1.82) is 0 Å². The van der Waals surface area contributed by atoms with Crippen LogP contribution in [-0.4, -0.2) is 21.6 Å². The number of rotatable bonds is 6. The number of aromatic nitrogens is 2. The number of halogens is 1. The Labute approximate surface area is 161 Å². The van der Waals surface area contributed by atoms with E-state index in [1.54, 1.807) is 12.1 Å². The molecule has 0 radical (unpaired) electrons. The third-order valence-electron chi connectivity index (χ3n) is 5.09. The molecule has 7 heteroatoms. The second-order valence-corrected chi connectivity index (χ2v) is 7.07. The molecule has 0 saturated heterocycles. The average molecular weight is 380 g/mol. The van der Waals surface area contributed by atoms with Crippen LogP contribution >= 0.6 is 0 Å². The topological polar surface area (TPSA) is 90.0 Å². The SMILES string of the molecule is CCc1cccc(NC(=O)Cn2nc(C(N)=O)c3c(C4CC4)cccc32)c1F. The van der Waals surface area contributed by atoms with Gasteiger partial charge in [-0.3, -0.25) is 14.3 Å². The van der Waals surface area contributed by atoms with Crippen molar-refractivity contribution >= 4 is 28.4 Å². The number of carbonyl (C=O) groups is 2. The quantitative estimate of drug-likeness (QED) is 0.687. The highest BCUT2D eigenvalue weighted by Gasteiger charge is 2.29.